The second-order valence-electron chi connectivity index (χ2n) is 4.76. The lowest BCUT2D eigenvalue weighted by Crippen LogP contribution is -2.39. The third-order valence-electron chi connectivity index (χ3n) is 2.86. The highest BCUT2D eigenvalue weighted by Crippen LogP contribution is 2.26. The van der Waals surface area contributed by atoms with Gasteiger partial charge in [0.15, 0.2) is 0 Å². The lowest BCUT2D eigenvalue weighted by molar-refractivity contribution is 0.265. The van der Waals surface area contributed by atoms with Gasteiger partial charge in [0.05, 0.1) is 6.54 Å². The molecule has 0 aromatic carbocycles. The molecule has 2 heterocycles. The molecule has 1 aromatic rings. The maximum absolute atomic E-state index is 5.38. The molecule has 2 atom stereocenters. The molecule has 0 bridgehead atoms. The summed E-state index contributed by atoms with van der Waals surface area (Å²) in [5.74, 6) is 6.00. The summed E-state index contributed by atoms with van der Waals surface area (Å²) in [5, 5.41) is 3.61. The van der Waals surface area contributed by atoms with Crippen LogP contribution < -0.4 is 5.73 Å². The van der Waals surface area contributed by atoms with E-state index < -0.39 is 0 Å². The zero-order chi connectivity index (χ0) is 13.0. The van der Waals surface area contributed by atoms with E-state index in [2.05, 4.69) is 53.8 Å². The van der Waals surface area contributed by atoms with E-state index in [-0.39, 0.29) is 0 Å². The van der Waals surface area contributed by atoms with Crippen molar-refractivity contribution in [1.82, 2.24) is 4.90 Å². The van der Waals surface area contributed by atoms with Crippen LogP contribution in [0.3, 0.4) is 0 Å². The van der Waals surface area contributed by atoms with Gasteiger partial charge in [-0.25, -0.2) is 0 Å². The molecule has 1 saturated heterocycles. The lowest BCUT2D eigenvalue weighted by Gasteiger charge is -2.34. The molecule has 2 rings (SSSR count). The number of hydrogen-bond donors (Lipinski definition) is 1. The maximum atomic E-state index is 5.38. The Morgan fingerprint density at radius 2 is 2.11 bits per heavy atom. The van der Waals surface area contributed by atoms with Crippen molar-refractivity contribution < 1.29 is 0 Å². The Hall–Kier alpha value is -0.470. The van der Waals surface area contributed by atoms with Crippen molar-refractivity contribution in [2.75, 3.05) is 19.6 Å². The van der Waals surface area contributed by atoms with Crippen LogP contribution in [0.4, 0.5) is 0 Å². The van der Waals surface area contributed by atoms with Crippen molar-refractivity contribution in [1.29, 1.82) is 0 Å². The van der Waals surface area contributed by atoms with Crippen molar-refractivity contribution in [3.8, 4) is 11.8 Å². The normalized spacial score (nSPS) is 24.6. The van der Waals surface area contributed by atoms with E-state index in [0.717, 1.165) is 22.6 Å². The van der Waals surface area contributed by atoms with Crippen LogP contribution in [0.25, 0.3) is 0 Å². The smallest absolute Gasteiger partial charge is 0.0555 e. The van der Waals surface area contributed by atoms with Crippen LogP contribution in [0, 0.1) is 11.8 Å². The van der Waals surface area contributed by atoms with E-state index in [1.165, 1.54) is 18.0 Å². The quantitative estimate of drug-likeness (QED) is 0.844. The Balaban J connectivity index is 1.94. The van der Waals surface area contributed by atoms with E-state index in [1.807, 2.05) is 0 Å². The lowest BCUT2D eigenvalue weighted by atomic mass is 10.2. The van der Waals surface area contributed by atoms with Gasteiger partial charge in [0, 0.05) is 46.0 Å². The number of thioether (sulfide) groups is 1. The number of thiophene rings is 1. The first-order valence-corrected chi connectivity index (χ1v) is 8.13. The van der Waals surface area contributed by atoms with Crippen LogP contribution >= 0.6 is 23.1 Å². The zero-order valence-electron chi connectivity index (χ0n) is 11.0. The van der Waals surface area contributed by atoms with Gasteiger partial charge < -0.3 is 5.73 Å². The molecule has 2 nitrogen and oxygen atoms in total. The fraction of sp³-hybridized carbons (Fsp3) is 0.571. The number of nitrogens with zero attached hydrogens (tertiary/aromatic N) is 1. The molecule has 1 fully saturated rings. The molecule has 98 valence electrons. The second kappa shape index (κ2) is 6.63. The molecule has 0 amide bonds. The average molecular weight is 280 g/mol. The zero-order valence-corrected chi connectivity index (χ0v) is 12.6. The minimum absolute atomic E-state index is 0.434. The third kappa shape index (κ3) is 4.03. The van der Waals surface area contributed by atoms with Gasteiger partial charge in [-0.2, -0.15) is 11.8 Å². The molecule has 0 aliphatic carbocycles. The van der Waals surface area contributed by atoms with Gasteiger partial charge in [0.25, 0.3) is 0 Å². The molecule has 0 spiro atoms. The first-order valence-electron chi connectivity index (χ1n) is 6.31. The van der Waals surface area contributed by atoms with Crippen LogP contribution in [-0.2, 0) is 6.54 Å². The van der Waals surface area contributed by atoms with Gasteiger partial charge in [-0.3, -0.25) is 4.90 Å². The molecule has 2 N–H and O–H groups in total. The van der Waals surface area contributed by atoms with Gasteiger partial charge in [0.1, 0.15) is 0 Å². The Labute approximate surface area is 118 Å². The molecular formula is C14H20N2S2. The van der Waals surface area contributed by atoms with Crippen molar-refractivity contribution in [2.45, 2.75) is 30.9 Å². The summed E-state index contributed by atoms with van der Waals surface area (Å²) >= 11 is 3.90. The summed E-state index contributed by atoms with van der Waals surface area (Å²) in [6.45, 7) is 8.51. The highest BCUT2D eigenvalue weighted by molar-refractivity contribution is 8.00. The Kier molecular flexibility index (Phi) is 5.13. The van der Waals surface area contributed by atoms with Crippen LogP contribution in [-0.4, -0.2) is 35.0 Å². The fourth-order valence-corrected chi connectivity index (χ4v) is 4.56. The topological polar surface area (TPSA) is 29.3 Å². The summed E-state index contributed by atoms with van der Waals surface area (Å²) in [7, 11) is 0. The third-order valence-corrected chi connectivity index (χ3v) is 5.01. The first-order chi connectivity index (χ1) is 8.67. The highest BCUT2D eigenvalue weighted by Gasteiger charge is 2.22. The van der Waals surface area contributed by atoms with Gasteiger partial charge in [0.2, 0.25) is 0 Å². The second-order valence-corrected chi connectivity index (χ2v) is 7.64. The van der Waals surface area contributed by atoms with E-state index in [0.29, 0.717) is 6.54 Å². The Morgan fingerprint density at radius 1 is 1.39 bits per heavy atom. The van der Waals surface area contributed by atoms with Crippen LogP contribution in [0.1, 0.15) is 24.3 Å². The minimum atomic E-state index is 0.434. The molecule has 4 heteroatoms. The molecule has 1 aliphatic rings. The molecule has 18 heavy (non-hydrogen) atoms. The van der Waals surface area contributed by atoms with Crippen molar-refractivity contribution in [2.24, 2.45) is 5.73 Å². The number of nitrogens with two attached hydrogens (primary N) is 1. The largest absolute Gasteiger partial charge is 0.320 e. The van der Waals surface area contributed by atoms with Gasteiger partial charge in [-0.15, -0.1) is 11.3 Å². The molecule has 1 aromatic heterocycles. The van der Waals surface area contributed by atoms with Gasteiger partial charge in [-0.1, -0.05) is 25.7 Å². The van der Waals surface area contributed by atoms with Crippen LogP contribution in [0.15, 0.2) is 11.4 Å². The average Bonchev–Trinajstić information content (AvgIpc) is 2.72. The van der Waals surface area contributed by atoms with E-state index in [4.69, 9.17) is 5.73 Å². The number of hydrogen-bond acceptors (Lipinski definition) is 4. The molecular weight excluding hydrogens is 260 g/mol. The highest BCUT2D eigenvalue weighted by atomic mass is 32.2. The Bertz CT molecular complexity index is 434. The maximum Gasteiger partial charge on any atom is 0.0555 e. The number of rotatable bonds is 2. The van der Waals surface area contributed by atoms with Crippen molar-refractivity contribution >= 4 is 23.1 Å². The van der Waals surface area contributed by atoms with E-state index in [1.54, 1.807) is 11.3 Å². The summed E-state index contributed by atoms with van der Waals surface area (Å²) in [4.78, 5) is 3.96. The summed E-state index contributed by atoms with van der Waals surface area (Å²) in [6, 6.07) is 2.20. The molecule has 1 aliphatic heterocycles. The standard InChI is InChI=1S/C14H20N2S2/c1-11-7-16(8-12(2)18-11)9-14-6-13(10-17-14)4-3-5-15/h6,10-12H,5,7-9,15H2,1-2H3. The Morgan fingerprint density at radius 3 is 2.78 bits per heavy atom. The van der Waals surface area contributed by atoms with Crippen LogP contribution in [0.2, 0.25) is 0 Å². The van der Waals surface area contributed by atoms with Crippen molar-refractivity contribution in [3.63, 3.8) is 0 Å². The predicted octanol–water partition coefficient (Wildman–Crippen LogP) is 2.38. The molecule has 0 radical (unpaired) electrons. The van der Waals surface area contributed by atoms with Crippen molar-refractivity contribution in [3.05, 3.63) is 21.9 Å². The monoisotopic (exact) mass is 280 g/mol. The van der Waals surface area contributed by atoms with E-state index >= 15 is 0 Å². The SMILES string of the molecule is CC1CN(Cc2cc(C#CCN)cs2)CC(C)S1. The summed E-state index contributed by atoms with van der Waals surface area (Å²) in [6.07, 6.45) is 0. The summed E-state index contributed by atoms with van der Waals surface area (Å²) in [5.41, 5.74) is 6.49. The minimum Gasteiger partial charge on any atom is -0.320 e. The fourth-order valence-electron chi connectivity index (χ4n) is 2.32. The molecule has 2 unspecified atom stereocenters. The predicted molar refractivity (Wildman–Crippen MR) is 82.0 cm³/mol. The summed E-state index contributed by atoms with van der Waals surface area (Å²) < 4.78 is 0. The van der Waals surface area contributed by atoms with Crippen LogP contribution in [0.5, 0.6) is 0 Å². The van der Waals surface area contributed by atoms with Gasteiger partial charge in [-0.05, 0) is 6.07 Å². The van der Waals surface area contributed by atoms with E-state index in [9.17, 15) is 0 Å². The molecule has 0 saturated carbocycles. The first kappa shape index (κ1) is 14.0. The van der Waals surface area contributed by atoms with Gasteiger partial charge >= 0.3 is 0 Å².